The maximum absolute atomic E-state index is 5.41. The van der Waals surface area contributed by atoms with Crippen LogP contribution in [-0.2, 0) is 9.47 Å². The quantitative estimate of drug-likeness (QED) is 0.683. The van der Waals surface area contributed by atoms with E-state index in [4.69, 9.17) is 9.47 Å². The van der Waals surface area contributed by atoms with Crippen molar-refractivity contribution in [1.29, 1.82) is 0 Å². The van der Waals surface area contributed by atoms with Crippen molar-refractivity contribution in [3.8, 4) is 0 Å². The second kappa shape index (κ2) is 7.20. The Morgan fingerprint density at radius 1 is 1.31 bits per heavy atom. The highest BCUT2D eigenvalue weighted by Gasteiger charge is 2.04. The molecule has 1 atom stereocenters. The van der Waals surface area contributed by atoms with Crippen LogP contribution in [0.5, 0.6) is 0 Å². The van der Waals surface area contributed by atoms with Crippen molar-refractivity contribution in [3.05, 3.63) is 42.0 Å². The van der Waals surface area contributed by atoms with Gasteiger partial charge in [-0.2, -0.15) is 0 Å². The predicted molar refractivity (Wildman–Crippen MR) is 67.1 cm³/mol. The largest absolute Gasteiger partial charge is 0.356 e. The summed E-state index contributed by atoms with van der Waals surface area (Å²) in [6, 6.07) is 10.3. The Hall–Kier alpha value is -1.12. The lowest BCUT2D eigenvalue weighted by Crippen LogP contribution is -2.13. The Morgan fingerprint density at radius 3 is 2.56 bits per heavy atom. The molecule has 0 saturated heterocycles. The van der Waals surface area contributed by atoms with Gasteiger partial charge in [0.2, 0.25) is 0 Å². The van der Waals surface area contributed by atoms with E-state index < -0.39 is 0 Å². The molecular weight excluding hydrogens is 200 g/mol. The molecule has 0 spiro atoms. The second-order valence-electron chi connectivity index (χ2n) is 3.61. The Labute approximate surface area is 97.9 Å². The van der Waals surface area contributed by atoms with Crippen molar-refractivity contribution in [2.75, 3.05) is 13.7 Å². The van der Waals surface area contributed by atoms with E-state index in [0.717, 1.165) is 6.42 Å². The average Bonchev–Trinajstić information content (AvgIpc) is 2.35. The summed E-state index contributed by atoms with van der Waals surface area (Å²) in [4.78, 5) is 0. The van der Waals surface area contributed by atoms with Gasteiger partial charge in [0.15, 0.2) is 6.29 Å². The number of benzene rings is 1. The summed E-state index contributed by atoms with van der Waals surface area (Å²) < 4.78 is 10.6. The smallest absolute Gasteiger partial charge is 0.160 e. The van der Waals surface area contributed by atoms with E-state index in [-0.39, 0.29) is 6.29 Å². The zero-order valence-electron chi connectivity index (χ0n) is 10.3. The minimum Gasteiger partial charge on any atom is -0.356 e. The zero-order valence-corrected chi connectivity index (χ0v) is 10.3. The molecule has 1 aromatic rings. The van der Waals surface area contributed by atoms with Crippen LogP contribution in [0.15, 0.2) is 36.4 Å². The summed E-state index contributed by atoms with van der Waals surface area (Å²) in [5, 5.41) is 0. The van der Waals surface area contributed by atoms with E-state index in [1.54, 1.807) is 7.11 Å². The van der Waals surface area contributed by atoms with Crippen LogP contribution >= 0.6 is 0 Å². The topological polar surface area (TPSA) is 18.5 Å². The lowest BCUT2D eigenvalue weighted by Gasteiger charge is -2.13. The molecule has 0 aliphatic heterocycles. The van der Waals surface area contributed by atoms with Crippen LogP contribution in [0.25, 0.3) is 5.57 Å². The van der Waals surface area contributed by atoms with Crippen LogP contribution < -0.4 is 0 Å². The Kier molecular flexibility index (Phi) is 5.83. The minimum absolute atomic E-state index is 0.135. The van der Waals surface area contributed by atoms with Crippen molar-refractivity contribution in [2.45, 2.75) is 26.6 Å². The summed E-state index contributed by atoms with van der Waals surface area (Å²) in [7, 11) is 1.67. The first kappa shape index (κ1) is 12.9. The molecular formula is C14H20O2. The van der Waals surface area contributed by atoms with Gasteiger partial charge < -0.3 is 9.47 Å². The van der Waals surface area contributed by atoms with Gasteiger partial charge in [0, 0.05) is 20.1 Å². The van der Waals surface area contributed by atoms with Gasteiger partial charge in [-0.3, -0.25) is 0 Å². The molecule has 2 heteroatoms. The lowest BCUT2D eigenvalue weighted by atomic mass is 10.1. The van der Waals surface area contributed by atoms with Gasteiger partial charge in [0.05, 0.1) is 0 Å². The number of rotatable bonds is 6. The number of hydrogen-bond donors (Lipinski definition) is 0. The van der Waals surface area contributed by atoms with Crippen molar-refractivity contribution >= 4 is 5.57 Å². The van der Waals surface area contributed by atoms with Crippen LogP contribution in [0.4, 0.5) is 0 Å². The molecule has 0 bridgehead atoms. The average molecular weight is 220 g/mol. The van der Waals surface area contributed by atoms with Crippen molar-refractivity contribution in [2.24, 2.45) is 0 Å². The van der Waals surface area contributed by atoms with Gasteiger partial charge in [-0.15, -0.1) is 0 Å². The third kappa shape index (κ3) is 4.17. The molecule has 1 rings (SSSR count). The maximum atomic E-state index is 5.41. The van der Waals surface area contributed by atoms with Crippen LogP contribution in [0.1, 0.15) is 25.8 Å². The molecule has 0 amide bonds. The van der Waals surface area contributed by atoms with Crippen molar-refractivity contribution < 1.29 is 9.47 Å². The Balaban J connectivity index is 2.56. The summed E-state index contributed by atoms with van der Waals surface area (Å²) in [5.41, 5.74) is 2.50. The van der Waals surface area contributed by atoms with E-state index in [9.17, 15) is 0 Å². The molecule has 2 nitrogen and oxygen atoms in total. The standard InChI is InChI=1S/C14H20O2/c1-4-16-14(15-3)11-10-12(2)13-8-6-5-7-9-13/h5-10,14H,4,11H2,1-3H3. The molecule has 0 heterocycles. The van der Waals surface area contributed by atoms with Gasteiger partial charge >= 0.3 is 0 Å². The Morgan fingerprint density at radius 2 is 2.00 bits per heavy atom. The van der Waals surface area contributed by atoms with Gasteiger partial charge in [-0.1, -0.05) is 36.4 Å². The van der Waals surface area contributed by atoms with Crippen LogP contribution in [0.3, 0.4) is 0 Å². The molecule has 1 unspecified atom stereocenters. The van der Waals surface area contributed by atoms with Crippen LogP contribution in [0.2, 0.25) is 0 Å². The van der Waals surface area contributed by atoms with Crippen molar-refractivity contribution in [3.63, 3.8) is 0 Å². The number of hydrogen-bond acceptors (Lipinski definition) is 2. The lowest BCUT2D eigenvalue weighted by molar-refractivity contribution is -0.116. The first-order valence-corrected chi connectivity index (χ1v) is 5.64. The molecule has 0 N–H and O–H groups in total. The molecule has 0 saturated carbocycles. The predicted octanol–water partition coefficient (Wildman–Crippen LogP) is 3.49. The summed E-state index contributed by atoms with van der Waals surface area (Å²) in [6.45, 7) is 4.75. The molecule has 0 fully saturated rings. The third-order valence-electron chi connectivity index (χ3n) is 2.46. The zero-order chi connectivity index (χ0) is 11.8. The number of allylic oxidation sites excluding steroid dienone is 1. The molecule has 0 radical (unpaired) electrons. The molecule has 88 valence electrons. The van der Waals surface area contributed by atoms with E-state index in [2.05, 4.69) is 25.1 Å². The minimum atomic E-state index is -0.135. The highest BCUT2D eigenvalue weighted by atomic mass is 16.7. The molecule has 0 aromatic heterocycles. The van der Waals surface area contributed by atoms with Crippen LogP contribution in [-0.4, -0.2) is 20.0 Å². The number of ether oxygens (including phenoxy) is 2. The summed E-state index contributed by atoms with van der Waals surface area (Å²) in [5.74, 6) is 0. The van der Waals surface area contributed by atoms with Gasteiger partial charge in [-0.05, 0) is 25.0 Å². The number of methoxy groups -OCH3 is 1. The van der Waals surface area contributed by atoms with Crippen molar-refractivity contribution in [1.82, 2.24) is 0 Å². The van der Waals surface area contributed by atoms with E-state index in [1.165, 1.54) is 11.1 Å². The van der Waals surface area contributed by atoms with Crippen LogP contribution in [0, 0.1) is 0 Å². The molecule has 1 aromatic carbocycles. The first-order valence-electron chi connectivity index (χ1n) is 5.64. The fraction of sp³-hybridized carbons (Fsp3) is 0.429. The van der Waals surface area contributed by atoms with E-state index in [0.29, 0.717) is 6.61 Å². The second-order valence-corrected chi connectivity index (χ2v) is 3.61. The monoisotopic (exact) mass is 220 g/mol. The van der Waals surface area contributed by atoms with Gasteiger partial charge in [-0.25, -0.2) is 0 Å². The summed E-state index contributed by atoms with van der Waals surface area (Å²) in [6.07, 6.45) is 2.80. The summed E-state index contributed by atoms with van der Waals surface area (Å²) >= 11 is 0. The SMILES string of the molecule is CCOC(CC=C(C)c1ccccc1)OC. The fourth-order valence-corrected chi connectivity index (χ4v) is 1.51. The molecule has 16 heavy (non-hydrogen) atoms. The first-order chi connectivity index (χ1) is 7.77. The highest BCUT2D eigenvalue weighted by molar-refractivity contribution is 5.63. The van der Waals surface area contributed by atoms with Gasteiger partial charge in [0.25, 0.3) is 0 Å². The van der Waals surface area contributed by atoms with E-state index in [1.807, 2.05) is 25.1 Å². The maximum Gasteiger partial charge on any atom is 0.160 e. The Bertz CT molecular complexity index is 317. The van der Waals surface area contributed by atoms with Gasteiger partial charge in [0.1, 0.15) is 0 Å². The molecule has 0 aliphatic carbocycles. The normalized spacial score (nSPS) is 13.8. The highest BCUT2D eigenvalue weighted by Crippen LogP contribution is 2.14. The van der Waals surface area contributed by atoms with E-state index >= 15 is 0 Å². The fourth-order valence-electron chi connectivity index (χ4n) is 1.51. The molecule has 0 aliphatic rings. The third-order valence-corrected chi connectivity index (χ3v) is 2.46.